The third-order valence-electron chi connectivity index (χ3n) is 5.35. The molecule has 3 aromatic heterocycles. The van der Waals surface area contributed by atoms with Crippen LogP contribution in [0.5, 0.6) is 0 Å². The van der Waals surface area contributed by atoms with E-state index in [4.69, 9.17) is 4.98 Å². The molecule has 0 saturated carbocycles. The summed E-state index contributed by atoms with van der Waals surface area (Å²) in [6.45, 7) is 4.95. The predicted molar refractivity (Wildman–Crippen MR) is 116 cm³/mol. The van der Waals surface area contributed by atoms with Crippen molar-refractivity contribution in [2.75, 3.05) is 0 Å². The second kappa shape index (κ2) is 7.51. The quantitative estimate of drug-likeness (QED) is 0.482. The monoisotopic (exact) mass is 395 g/mol. The van der Waals surface area contributed by atoms with Crippen LogP contribution in [0.2, 0.25) is 0 Å². The van der Waals surface area contributed by atoms with Crippen molar-refractivity contribution in [3.8, 4) is 22.5 Å². The molecule has 0 radical (unpaired) electrons. The number of imidazole rings is 1. The van der Waals surface area contributed by atoms with Crippen molar-refractivity contribution in [1.29, 1.82) is 0 Å². The third-order valence-corrected chi connectivity index (χ3v) is 5.35. The Morgan fingerprint density at radius 2 is 1.77 bits per heavy atom. The molecule has 148 valence electrons. The van der Waals surface area contributed by atoms with Crippen molar-refractivity contribution in [3.63, 3.8) is 0 Å². The second-order valence-corrected chi connectivity index (χ2v) is 7.25. The molecule has 0 aliphatic heterocycles. The van der Waals surface area contributed by atoms with Gasteiger partial charge in [0.25, 0.3) is 0 Å². The van der Waals surface area contributed by atoms with Gasteiger partial charge >= 0.3 is 0 Å². The van der Waals surface area contributed by atoms with Gasteiger partial charge in [-0.25, -0.2) is 9.97 Å². The Balaban J connectivity index is 1.49. The molecule has 0 fully saturated rings. The first-order valence-electron chi connectivity index (χ1n) is 9.97. The molecule has 0 saturated heterocycles. The minimum atomic E-state index is 0.591. The average molecular weight is 395 g/mol. The fourth-order valence-electron chi connectivity index (χ4n) is 3.80. The van der Waals surface area contributed by atoms with Gasteiger partial charge in [0.05, 0.1) is 6.54 Å². The zero-order valence-corrected chi connectivity index (χ0v) is 16.9. The Bertz CT molecular complexity index is 1300. The van der Waals surface area contributed by atoms with Crippen LogP contribution >= 0.6 is 0 Å². The van der Waals surface area contributed by atoms with E-state index in [1.807, 2.05) is 30.5 Å². The normalized spacial score (nSPS) is 11.3. The van der Waals surface area contributed by atoms with E-state index in [-0.39, 0.29) is 0 Å². The fraction of sp³-hybridized carbons (Fsp3) is 0.174. The van der Waals surface area contributed by atoms with Gasteiger partial charge in [0.15, 0.2) is 5.65 Å². The van der Waals surface area contributed by atoms with Crippen LogP contribution < -0.4 is 0 Å². The lowest BCUT2D eigenvalue weighted by Gasteiger charge is -2.10. The highest BCUT2D eigenvalue weighted by Gasteiger charge is 2.14. The molecular formula is C23H21N7. The molecule has 0 unspecified atom stereocenters. The maximum Gasteiger partial charge on any atom is 0.205 e. The smallest absolute Gasteiger partial charge is 0.205 e. The summed E-state index contributed by atoms with van der Waals surface area (Å²) in [5, 5.41) is 14.5. The van der Waals surface area contributed by atoms with Gasteiger partial charge in [-0.05, 0) is 40.5 Å². The number of nitrogens with one attached hydrogen (secondary N) is 1. The van der Waals surface area contributed by atoms with Crippen LogP contribution in [0.25, 0.3) is 33.7 Å². The molecule has 0 spiro atoms. The SMILES string of the molecule is CCc1nc2c(C)ccnc2n1Cc1ccc(-c2ccccc2-c2nn[nH]n2)cc1. The second-order valence-electron chi connectivity index (χ2n) is 7.25. The number of hydrogen-bond donors (Lipinski definition) is 1. The van der Waals surface area contributed by atoms with Gasteiger partial charge in [0.1, 0.15) is 11.3 Å². The van der Waals surface area contributed by atoms with Crippen molar-refractivity contribution in [1.82, 2.24) is 35.2 Å². The summed E-state index contributed by atoms with van der Waals surface area (Å²) < 4.78 is 2.21. The van der Waals surface area contributed by atoms with Crippen molar-refractivity contribution < 1.29 is 0 Å². The van der Waals surface area contributed by atoms with E-state index < -0.39 is 0 Å². The van der Waals surface area contributed by atoms with E-state index in [9.17, 15) is 0 Å². The Morgan fingerprint density at radius 3 is 2.50 bits per heavy atom. The molecule has 0 bridgehead atoms. The number of tetrazole rings is 1. The zero-order chi connectivity index (χ0) is 20.5. The van der Waals surface area contributed by atoms with E-state index in [1.165, 1.54) is 5.56 Å². The molecule has 30 heavy (non-hydrogen) atoms. The number of nitrogens with zero attached hydrogens (tertiary/aromatic N) is 6. The number of fused-ring (bicyclic) bond motifs is 1. The minimum absolute atomic E-state index is 0.591. The first-order chi connectivity index (χ1) is 14.7. The summed E-state index contributed by atoms with van der Waals surface area (Å²) in [6.07, 6.45) is 2.72. The molecule has 1 N–H and O–H groups in total. The summed E-state index contributed by atoms with van der Waals surface area (Å²) in [5.41, 5.74) is 7.42. The molecule has 0 aliphatic rings. The number of hydrogen-bond acceptors (Lipinski definition) is 5. The highest BCUT2D eigenvalue weighted by Crippen LogP contribution is 2.30. The number of rotatable bonds is 5. The third kappa shape index (κ3) is 3.14. The molecule has 0 aliphatic carbocycles. The van der Waals surface area contributed by atoms with E-state index in [0.29, 0.717) is 5.82 Å². The van der Waals surface area contributed by atoms with Gasteiger partial charge in [-0.2, -0.15) is 5.21 Å². The van der Waals surface area contributed by atoms with Gasteiger partial charge in [0.2, 0.25) is 5.82 Å². The summed E-state index contributed by atoms with van der Waals surface area (Å²) in [6, 6.07) is 18.7. The zero-order valence-electron chi connectivity index (χ0n) is 16.9. The maximum atomic E-state index is 4.81. The van der Waals surface area contributed by atoms with Crippen LogP contribution in [0.3, 0.4) is 0 Å². The van der Waals surface area contributed by atoms with Gasteiger partial charge in [-0.3, -0.25) is 0 Å². The van der Waals surface area contributed by atoms with Crippen molar-refractivity contribution in [3.05, 3.63) is 77.7 Å². The van der Waals surface area contributed by atoms with Crippen LogP contribution in [0.15, 0.2) is 60.8 Å². The lowest BCUT2D eigenvalue weighted by molar-refractivity contribution is 0.746. The van der Waals surface area contributed by atoms with Gasteiger partial charge in [0, 0.05) is 18.2 Å². The molecule has 7 heteroatoms. The van der Waals surface area contributed by atoms with E-state index in [0.717, 1.165) is 52.2 Å². The number of pyridine rings is 1. The Kier molecular flexibility index (Phi) is 4.55. The van der Waals surface area contributed by atoms with Crippen LogP contribution in [0.4, 0.5) is 0 Å². The van der Waals surface area contributed by atoms with E-state index >= 15 is 0 Å². The number of benzene rings is 2. The fourth-order valence-corrected chi connectivity index (χ4v) is 3.80. The molecule has 5 aromatic rings. The van der Waals surface area contributed by atoms with Crippen molar-refractivity contribution >= 4 is 11.2 Å². The lowest BCUT2D eigenvalue weighted by Crippen LogP contribution is -2.05. The first-order valence-corrected chi connectivity index (χ1v) is 9.97. The summed E-state index contributed by atoms with van der Waals surface area (Å²) >= 11 is 0. The summed E-state index contributed by atoms with van der Waals surface area (Å²) in [5.74, 6) is 1.65. The Morgan fingerprint density at radius 1 is 0.967 bits per heavy atom. The number of aromatic nitrogens is 7. The Hall–Kier alpha value is -3.87. The number of H-pyrrole nitrogens is 1. The first kappa shape index (κ1) is 18.2. The summed E-state index contributed by atoms with van der Waals surface area (Å²) in [4.78, 5) is 9.40. The minimum Gasteiger partial charge on any atom is -0.308 e. The molecular weight excluding hydrogens is 374 g/mol. The van der Waals surface area contributed by atoms with E-state index in [1.54, 1.807) is 0 Å². The topological polar surface area (TPSA) is 85.2 Å². The Labute approximate surface area is 173 Å². The predicted octanol–water partition coefficient (Wildman–Crippen LogP) is 4.20. The number of aromatic amines is 1. The summed E-state index contributed by atoms with van der Waals surface area (Å²) in [7, 11) is 0. The molecule has 7 nitrogen and oxygen atoms in total. The van der Waals surface area contributed by atoms with Gasteiger partial charge < -0.3 is 4.57 Å². The van der Waals surface area contributed by atoms with Crippen LogP contribution in [-0.4, -0.2) is 35.2 Å². The average Bonchev–Trinajstić information content (AvgIpc) is 3.44. The molecule has 0 atom stereocenters. The number of aryl methyl sites for hydroxylation is 2. The highest BCUT2D eigenvalue weighted by atomic mass is 15.5. The molecule has 5 rings (SSSR count). The highest BCUT2D eigenvalue weighted by molar-refractivity contribution is 5.80. The van der Waals surface area contributed by atoms with Crippen molar-refractivity contribution in [2.24, 2.45) is 0 Å². The largest absolute Gasteiger partial charge is 0.308 e. The van der Waals surface area contributed by atoms with Crippen molar-refractivity contribution in [2.45, 2.75) is 26.8 Å². The van der Waals surface area contributed by atoms with Gasteiger partial charge in [-0.15, -0.1) is 10.2 Å². The lowest BCUT2D eigenvalue weighted by atomic mass is 9.98. The van der Waals surface area contributed by atoms with Crippen LogP contribution in [-0.2, 0) is 13.0 Å². The standard InChI is InChI=1S/C23H21N7/c1-3-20-25-21-15(2)12-13-24-23(21)30(20)14-16-8-10-17(11-9-16)18-6-4-5-7-19(18)22-26-28-29-27-22/h4-13H,3,14H2,1-2H3,(H,26,27,28,29). The maximum absolute atomic E-state index is 4.81. The van der Waals surface area contributed by atoms with Crippen LogP contribution in [0.1, 0.15) is 23.9 Å². The van der Waals surface area contributed by atoms with E-state index in [2.05, 4.69) is 74.4 Å². The van der Waals surface area contributed by atoms with Crippen LogP contribution in [0, 0.1) is 6.92 Å². The molecule has 2 aromatic carbocycles. The molecule has 0 amide bonds. The molecule has 3 heterocycles. The van der Waals surface area contributed by atoms with Gasteiger partial charge in [-0.1, -0.05) is 55.5 Å².